The molecule has 0 saturated carbocycles. The Hall–Kier alpha value is -2.57. The Bertz CT molecular complexity index is 719. The number of hydrogen-bond acceptors (Lipinski definition) is 5. The molecule has 2 rings (SSSR count). The lowest BCUT2D eigenvalue weighted by Gasteiger charge is -2.36. The fourth-order valence-electron chi connectivity index (χ4n) is 3.14. The van der Waals surface area contributed by atoms with Gasteiger partial charge in [-0.15, -0.1) is 0 Å². The highest BCUT2D eigenvalue weighted by Gasteiger charge is 2.38. The zero-order valence-electron chi connectivity index (χ0n) is 17.8. The molecular weight excluding hydrogens is 372 g/mol. The number of aryl methyl sites for hydroxylation is 1. The maximum absolute atomic E-state index is 13.2. The number of hydrogen-bond donors (Lipinski definition) is 1. The Kier molecular flexibility index (Phi) is 8.49. The van der Waals surface area contributed by atoms with Crippen LogP contribution in [-0.2, 0) is 19.1 Å². The van der Waals surface area contributed by atoms with Gasteiger partial charge in [-0.3, -0.25) is 14.4 Å². The fourth-order valence-corrected chi connectivity index (χ4v) is 3.14. The molecule has 0 spiro atoms. The summed E-state index contributed by atoms with van der Waals surface area (Å²) < 4.78 is 11.2. The Balaban J connectivity index is 2.07. The van der Waals surface area contributed by atoms with Crippen molar-refractivity contribution in [2.24, 2.45) is 5.92 Å². The number of para-hydroxylation sites is 1. The summed E-state index contributed by atoms with van der Waals surface area (Å²) in [7, 11) is 0. The van der Waals surface area contributed by atoms with Gasteiger partial charge in [0.1, 0.15) is 11.8 Å². The van der Waals surface area contributed by atoms with E-state index in [1.54, 1.807) is 0 Å². The zero-order chi connectivity index (χ0) is 21.4. The molecule has 2 atom stereocenters. The van der Waals surface area contributed by atoms with Crippen LogP contribution in [0.1, 0.15) is 45.6 Å². The molecule has 1 aliphatic heterocycles. The minimum atomic E-state index is -0.877. The monoisotopic (exact) mass is 404 g/mol. The van der Waals surface area contributed by atoms with Crippen molar-refractivity contribution < 1.29 is 23.9 Å². The SMILES string of the molecule is CCC(Oc1ccccc1C)C(=O)N1CCNC(=O)C1CC(=O)OCCC(C)C. The molecule has 29 heavy (non-hydrogen) atoms. The van der Waals surface area contributed by atoms with Crippen LogP contribution in [0.3, 0.4) is 0 Å². The van der Waals surface area contributed by atoms with E-state index >= 15 is 0 Å². The quantitative estimate of drug-likeness (QED) is 0.639. The molecule has 7 nitrogen and oxygen atoms in total. The van der Waals surface area contributed by atoms with Crippen LogP contribution >= 0.6 is 0 Å². The molecule has 1 aromatic rings. The van der Waals surface area contributed by atoms with E-state index in [4.69, 9.17) is 9.47 Å². The van der Waals surface area contributed by atoms with E-state index in [0.717, 1.165) is 12.0 Å². The highest BCUT2D eigenvalue weighted by atomic mass is 16.5. The van der Waals surface area contributed by atoms with E-state index < -0.39 is 18.1 Å². The van der Waals surface area contributed by atoms with Crippen LogP contribution in [0.5, 0.6) is 5.75 Å². The van der Waals surface area contributed by atoms with Gasteiger partial charge in [0.15, 0.2) is 6.10 Å². The van der Waals surface area contributed by atoms with Crippen LogP contribution in [0.15, 0.2) is 24.3 Å². The lowest BCUT2D eigenvalue weighted by Crippen LogP contribution is -2.60. The van der Waals surface area contributed by atoms with Crippen LogP contribution < -0.4 is 10.1 Å². The molecule has 1 aromatic carbocycles. The number of ether oxygens (including phenoxy) is 2. The third kappa shape index (κ3) is 6.48. The number of nitrogens with one attached hydrogen (secondary N) is 1. The summed E-state index contributed by atoms with van der Waals surface area (Å²) in [5.74, 6) is -0.0401. The van der Waals surface area contributed by atoms with Gasteiger partial charge in [0, 0.05) is 13.1 Å². The average molecular weight is 405 g/mol. The number of nitrogens with zero attached hydrogens (tertiary/aromatic N) is 1. The molecule has 2 unspecified atom stereocenters. The first-order chi connectivity index (χ1) is 13.8. The first-order valence-corrected chi connectivity index (χ1v) is 10.3. The lowest BCUT2D eigenvalue weighted by molar-refractivity contribution is -0.154. The summed E-state index contributed by atoms with van der Waals surface area (Å²) in [6.45, 7) is 8.86. The number of amides is 2. The van der Waals surface area contributed by atoms with Crippen molar-refractivity contribution in [1.29, 1.82) is 0 Å². The van der Waals surface area contributed by atoms with Gasteiger partial charge >= 0.3 is 5.97 Å². The molecule has 0 bridgehead atoms. The van der Waals surface area contributed by atoms with Crippen molar-refractivity contribution in [3.8, 4) is 5.75 Å². The van der Waals surface area contributed by atoms with Gasteiger partial charge in [-0.2, -0.15) is 0 Å². The minimum Gasteiger partial charge on any atom is -0.480 e. The zero-order valence-corrected chi connectivity index (χ0v) is 17.8. The number of rotatable bonds is 9. The van der Waals surface area contributed by atoms with Gasteiger partial charge < -0.3 is 19.7 Å². The molecule has 0 aliphatic carbocycles. The summed E-state index contributed by atoms with van der Waals surface area (Å²) in [6, 6.07) is 6.61. The number of carbonyl (C=O) groups is 3. The molecule has 1 N–H and O–H groups in total. The second-order valence-electron chi connectivity index (χ2n) is 7.73. The Morgan fingerprint density at radius 1 is 1.28 bits per heavy atom. The summed E-state index contributed by atoms with van der Waals surface area (Å²) in [4.78, 5) is 39.2. The van der Waals surface area contributed by atoms with Gasteiger partial charge in [-0.1, -0.05) is 39.0 Å². The maximum Gasteiger partial charge on any atom is 0.308 e. The predicted molar refractivity (Wildman–Crippen MR) is 109 cm³/mol. The van der Waals surface area contributed by atoms with E-state index in [2.05, 4.69) is 5.32 Å². The average Bonchev–Trinajstić information content (AvgIpc) is 2.68. The second kappa shape index (κ2) is 10.8. The summed E-state index contributed by atoms with van der Waals surface area (Å²) in [6.07, 6.45) is 0.335. The molecule has 1 heterocycles. The van der Waals surface area contributed by atoms with Gasteiger partial charge in [-0.05, 0) is 37.3 Å². The largest absolute Gasteiger partial charge is 0.480 e. The number of esters is 1. The van der Waals surface area contributed by atoms with E-state index in [1.165, 1.54) is 4.90 Å². The van der Waals surface area contributed by atoms with E-state index in [9.17, 15) is 14.4 Å². The minimum absolute atomic E-state index is 0.156. The fraction of sp³-hybridized carbons (Fsp3) is 0.591. The molecule has 1 aliphatic rings. The summed E-state index contributed by atoms with van der Waals surface area (Å²) in [5, 5.41) is 2.73. The van der Waals surface area contributed by atoms with Gasteiger partial charge in [0.05, 0.1) is 13.0 Å². The molecule has 0 aromatic heterocycles. The normalized spacial score (nSPS) is 17.6. The van der Waals surface area contributed by atoms with Gasteiger partial charge in [0.2, 0.25) is 5.91 Å². The van der Waals surface area contributed by atoms with Crippen molar-refractivity contribution in [1.82, 2.24) is 10.2 Å². The van der Waals surface area contributed by atoms with Crippen LogP contribution in [0.4, 0.5) is 0 Å². The number of piperazine rings is 1. The molecule has 2 amide bonds. The second-order valence-corrected chi connectivity index (χ2v) is 7.73. The summed E-state index contributed by atoms with van der Waals surface area (Å²) >= 11 is 0. The van der Waals surface area contributed by atoms with Gasteiger partial charge in [0.25, 0.3) is 5.91 Å². The van der Waals surface area contributed by atoms with Crippen molar-refractivity contribution >= 4 is 17.8 Å². The first-order valence-electron chi connectivity index (χ1n) is 10.3. The molecule has 1 fully saturated rings. The smallest absolute Gasteiger partial charge is 0.308 e. The van der Waals surface area contributed by atoms with E-state index in [0.29, 0.717) is 37.8 Å². The van der Waals surface area contributed by atoms with Gasteiger partial charge in [-0.25, -0.2) is 0 Å². The highest BCUT2D eigenvalue weighted by molar-refractivity contribution is 5.93. The third-order valence-electron chi connectivity index (χ3n) is 4.94. The lowest BCUT2D eigenvalue weighted by atomic mass is 10.1. The van der Waals surface area contributed by atoms with Crippen LogP contribution in [0.2, 0.25) is 0 Å². The summed E-state index contributed by atoms with van der Waals surface area (Å²) in [5.41, 5.74) is 0.931. The Morgan fingerprint density at radius 2 is 2.00 bits per heavy atom. The van der Waals surface area contributed by atoms with Crippen molar-refractivity contribution in [3.63, 3.8) is 0 Å². The standard InChI is InChI=1S/C22H32N2O5/c1-5-18(29-19-9-7-6-8-16(19)4)22(27)24-12-11-23-21(26)17(24)14-20(25)28-13-10-15(2)3/h6-9,15,17-18H,5,10-14H2,1-4H3,(H,23,26). The molecule has 0 radical (unpaired) electrons. The first kappa shape index (κ1) is 22.7. The number of benzene rings is 1. The van der Waals surface area contributed by atoms with Crippen molar-refractivity contribution in [2.75, 3.05) is 19.7 Å². The van der Waals surface area contributed by atoms with E-state index in [1.807, 2.05) is 52.0 Å². The topological polar surface area (TPSA) is 84.9 Å². The van der Waals surface area contributed by atoms with Crippen molar-refractivity contribution in [2.45, 2.75) is 59.1 Å². The number of carbonyl (C=O) groups excluding carboxylic acids is 3. The van der Waals surface area contributed by atoms with E-state index in [-0.39, 0.29) is 18.2 Å². The molecule has 7 heteroatoms. The predicted octanol–water partition coefficient (Wildman–Crippen LogP) is 2.46. The third-order valence-corrected chi connectivity index (χ3v) is 4.94. The molecule has 160 valence electrons. The maximum atomic E-state index is 13.2. The van der Waals surface area contributed by atoms with Crippen LogP contribution in [0.25, 0.3) is 0 Å². The van der Waals surface area contributed by atoms with Crippen molar-refractivity contribution in [3.05, 3.63) is 29.8 Å². The van der Waals surface area contributed by atoms with Crippen LogP contribution in [-0.4, -0.2) is 54.5 Å². The Labute approximate surface area is 172 Å². The highest BCUT2D eigenvalue weighted by Crippen LogP contribution is 2.21. The molecule has 1 saturated heterocycles. The van der Waals surface area contributed by atoms with Crippen LogP contribution in [0, 0.1) is 12.8 Å². The Morgan fingerprint density at radius 3 is 2.66 bits per heavy atom. The molecular formula is C22H32N2O5.